The van der Waals surface area contributed by atoms with Crippen LogP contribution in [0.25, 0.3) is 0 Å². The maximum Gasteiger partial charge on any atom is 0.0834 e. The molecule has 0 saturated carbocycles. The van der Waals surface area contributed by atoms with E-state index in [1.807, 2.05) is 30.1 Å². The predicted molar refractivity (Wildman–Crippen MR) is 72.3 cm³/mol. The van der Waals surface area contributed by atoms with Crippen LogP contribution < -0.4 is 5.32 Å². The molecule has 0 aromatic carbocycles. The molecule has 0 amide bonds. The molecule has 4 nitrogen and oxygen atoms in total. The molecule has 0 aliphatic heterocycles. The number of rotatable bonds is 5. The van der Waals surface area contributed by atoms with Gasteiger partial charge in [-0.05, 0) is 24.6 Å². The first-order valence-electron chi connectivity index (χ1n) is 6.31. The lowest BCUT2D eigenvalue weighted by Crippen LogP contribution is -2.21. The average molecular weight is 244 g/mol. The van der Waals surface area contributed by atoms with Gasteiger partial charge in [-0.3, -0.25) is 9.67 Å². The van der Waals surface area contributed by atoms with Gasteiger partial charge in [0, 0.05) is 30.7 Å². The van der Waals surface area contributed by atoms with Gasteiger partial charge in [0.2, 0.25) is 0 Å². The Morgan fingerprint density at radius 3 is 2.67 bits per heavy atom. The molecule has 0 radical (unpaired) electrons. The standard InChI is InChI=1S/C14H20N4/c1-11(2)15-8-13-4-5-14(16-9-13)10-18-12(3)6-7-17-18/h4-7,9,11,15H,8,10H2,1-3H3. The second kappa shape index (κ2) is 5.78. The summed E-state index contributed by atoms with van der Waals surface area (Å²) in [6.07, 6.45) is 3.75. The summed E-state index contributed by atoms with van der Waals surface area (Å²) in [7, 11) is 0. The molecule has 2 aromatic heterocycles. The predicted octanol–water partition coefficient (Wildman–Crippen LogP) is 2.13. The number of nitrogens with one attached hydrogen (secondary N) is 1. The molecule has 0 atom stereocenters. The van der Waals surface area contributed by atoms with E-state index in [1.54, 1.807) is 0 Å². The molecule has 2 rings (SSSR count). The molecule has 0 fully saturated rings. The van der Waals surface area contributed by atoms with E-state index in [-0.39, 0.29) is 0 Å². The zero-order valence-electron chi connectivity index (χ0n) is 11.2. The van der Waals surface area contributed by atoms with Crippen molar-refractivity contribution in [3.63, 3.8) is 0 Å². The summed E-state index contributed by atoms with van der Waals surface area (Å²) in [5, 5.41) is 7.64. The van der Waals surface area contributed by atoms with Crippen molar-refractivity contribution < 1.29 is 0 Å². The Kier molecular flexibility index (Phi) is 4.10. The number of hydrogen-bond acceptors (Lipinski definition) is 3. The Morgan fingerprint density at radius 2 is 2.11 bits per heavy atom. The highest BCUT2D eigenvalue weighted by Crippen LogP contribution is 2.04. The largest absolute Gasteiger partial charge is 0.310 e. The molecule has 4 heteroatoms. The highest BCUT2D eigenvalue weighted by Gasteiger charge is 2.01. The lowest BCUT2D eigenvalue weighted by Gasteiger charge is -2.08. The SMILES string of the molecule is Cc1ccnn1Cc1ccc(CNC(C)C)cn1. The molecule has 2 aromatic rings. The Labute approximate surface area is 108 Å². The monoisotopic (exact) mass is 244 g/mol. The molecule has 96 valence electrons. The van der Waals surface area contributed by atoms with Gasteiger partial charge in [0.15, 0.2) is 0 Å². The van der Waals surface area contributed by atoms with E-state index in [4.69, 9.17) is 0 Å². The van der Waals surface area contributed by atoms with E-state index in [9.17, 15) is 0 Å². The molecule has 0 unspecified atom stereocenters. The zero-order chi connectivity index (χ0) is 13.0. The average Bonchev–Trinajstić information content (AvgIpc) is 2.74. The minimum atomic E-state index is 0.497. The Hall–Kier alpha value is -1.68. The summed E-state index contributed by atoms with van der Waals surface area (Å²) < 4.78 is 1.95. The van der Waals surface area contributed by atoms with E-state index in [0.717, 1.165) is 24.5 Å². The van der Waals surface area contributed by atoms with Gasteiger partial charge in [-0.25, -0.2) is 0 Å². The van der Waals surface area contributed by atoms with Gasteiger partial charge >= 0.3 is 0 Å². The van der Waals surface area contributed by atoms with Crippen molar-refractivity contribution in [1.29, 1.82) is 0 Å². The van der Waals surface area contributed by atoms with Gasteiger partial charge in [0.05, 0.1) is 12.2 Å². The van der Waals surface area contributed by atoms with Crippen molar-refractivity contribution in [2.75, 3.05) is 0 Å². The van der Waals surface area contributed by atoms with Gasteiger partial charge < -0.3 is 5.32 Å². The van der Waals surface area contributed by atoms with Gasteiger partial charge in [-0.2, -0.15) is 5.10 Å². The second-order valence-corrected chi connectivity index (χ2v) is 4.82. The van der Waals surface area contributed by atoms with Crippen LogP contribution in [0.2, 0.25) is 0 Å². The lowest BCUT2D eigenvalue weighted by atomic mass is 10.2. The summed E-state index contributed by atoms with van der Waals surface area (Å²) in [4.78, 5) is 4.47. The fourth-order valence-electron chi connectivity index (χ4n) is 1.69. The maximum absolute atomic E-state index is 4.47. The van der Waals surface area contributed by atoms with E-state index < -0.39 is 0 Å². The number of aryl methyl sites for hydroxylation is 1. The highest BCUT2D eigenvalue weighted by atomic mass is 15.3. The molecular formula is C14H20N4. The maximum atomic E-state index is 4.47. The zero-order valence-corrected chi connectivity index (χ0v) is 11.2. The molecule has 2 heterocycles. The molecule has 0 aliphatic carbocycles. The normalized spacial score (nSPS) is 11.1. The molecule has 0 aliphatic rings. The van der Waals surface area contributed by atoms with Crippen molar-refractivity contribution >= 4 is 0 Å². The van der Waals surface area contributed by atoms with Crippen molar-refractivity contribution in [1.82, 2.24) is 20.1 Å². The molecule has 0 bridgehead atoms. The topological polar surface area (TPSA) is 42.7 Å². The first-order valence-corrected chi connectivity index (χ1v) is 6.31. The van der Waals surface area contributed by atoms with Gasteiger partial charge in [-0.1, -0.05) is 19.9 Å². The van der Waals surface area contributed by atoms with Crippen molar-refractivity contribution in [2.45, 2.75) is 39.9 Å². The highest BCUT2D eigenvalue weighted by molar-refractivity contribution is 5.14. The van der Waals surface area contributed by atoms with Crippen molar-refractivity contribution in [3.8, 4) is 0 Å². The van der Waals surface area contributed by atoms with Crippen LogP contribution in [0.5, 0.6) is 0 Å². The van der Waals surface area contributed by atoms with E-state index >= 15 is 0 Å². The lowest BCUT2D eigenvalue weighted by molar-refractivity contribution is 0.587. The summed E-state index contributed by atoms with van der Waals surface area (Å²) >= 11 is 0. The van der Waals surface area contributed by atoms with E-state index in [2.05, 4.69) is 41.4 Å². The van der Waals surface area contributed by atoms with E-state index in [0.29, 0.717) is 6.04 Å². The number of nitrogens with zero attached hydrogens (tertiary/aromatic N) is 3. The van der Waals surface area contributed by atoms with Gasteiger partial charge in [0.1, 0.15) is 0 Å². The fraction of sp³-hybridized carbons (Fsp3) is 0.429. The first kappa shape index (κ1) is 12.8. The molecule has 18 heavy (non-hydrogen) atoms. The number of pyridine rings is 1. The van der Waals surface area contributed by atoms with Gasteiger partial charge in [-0.15, -0.1) is 0 Å². The quantitative estimate of drug-likeness (QED) is 0.876. The van der Waals surface area contributed by atoms with Crippen LogP contribution in [0.15, 0.2) is 30.6 Å². The van der Waals surface area contributed by atoms with Crippen molar-refractivity contribution in [3.05, 3.63) is 47.5 Å². The van der Waals surface area contributed by atoms with Crippen LogP contribution in [-0.2, 0) is 13.1 Å². The smallest absolute Gasteiger partial charge is 0.0834 e. The molecule has 0 spiro atoms. The third-order valence-corrected chi connectivity index (χ3v) is 2.84. The summed E-state index contributed by atoms with van der Waals surface area (Å²) in [5.74, 6) is 0. The second-order valence-electron chi connectivity index (χ2n) is 4.82. The van der Waals surface area contributed by atoms with Gasteiger partial charge in [0.25, 0.3) is 0 Å². The Bertz CT molecular complexity index is 485. The van der Waals surface area contributed by atoms with Crippen LogP contribution in [0.3, 0.4) is 0 Å². The minimum Gasteiger partial charge on any atom is -0.310 e. The number of hydrogen-bond donors (Lipinski definition) is 1. The van der Waals surface area contributed by atoms with Crippen LogP contribution in [0.1, 0.15) is 30.8 Å². The third kappa shape index (κ3) is 3.40. The van der Waals surface area contributed by atoms with Crippen LogP contribution in [0.4, 0.5) is 0 Å². The van der Waals surface area contributed by atoms with Crippen LogP contribution in [0, 0.1) is 6.92 Å². The van der Waals surface area contributed by atoms with Crippen molar-refractivity contribution in [2.24, 2.45) is 0 Å². The van der Waals surface area contributed by atoms with Crippen LogP contribution in [-0.4, -0.2) is 20.8 Å². The molecule has 1 N–H and O–H groups in total. The summed E-state index contributed by atoms with van der Waals surface area (Å²) in [6.45, 7) is 7.93. The summed E-state index contributed by atoms with van der Waals surface area (Å²) in [6, 6.07) is 6.69. The van der Waals surface area contributed by atoms with E-state index in [1.165, 1.54) is 5.56 Å². The number of aromatic nitrogens is 3. The van der Waals surface area contributed by atoms with Crippen LogP contribution >= 0.6 is 0 Å². The third-order valence-electron chi connectivity index (χ3n) is 2.84. The molecular weight excluding hydrogens is 224 g/mol. The minimum absolute atomic E-state index is 0.497. The Balaban J connectivity index is 1.97. The summed E-state index contributed by atoms with van der Waals surface area (Å²) in [5.41, 5.74) is 3.40. The fourth-order valence-corrected chi connectivity index (χ4v) is 1.69. The molecule has 0 saturated heterocycles. The first-order chi connectivity index (χ1) is 8.65. The Morgan fingerprint density at radius 1 is 1.28 bits per heavy atom.